The molecule has 22 heavy (non-hydrogen) atoms. The van der Waals surface area contributed by atoms with E-state index in [4.69, 9.17) is 4.74 Å². The second kappa shape index (κ2) is 7.00. The van der Waals surface area contributed by atoms with Crippen molar-refractivity contribution in [1.82, 2.24) is 0 Å². The molecule has 1 aromatic carbocycles. The number of benzene rings is 1. The smallest absolute Gasteiger partial charge is 0.339 e. The van der Waals surface area contributed by atoms with Crippen LogP contribution in [-0.2, 0) is 9.53 Å². The molecular weight excluding hydrogens is 302 g/mol. The molecule has 0 saturated heterocycles. The van der Waals surface area contributed by atoms with Gasteiger partial charge in [0.25, 0.3) is 5.91 Å². The van der Waals surface area contributed by atoms with E-state index in [2.05, 4.69) is 5.32 Å². The number of para-hydroxylation sites is 1. The number of Topliss-reactive ketones (excluding diaryl/α,β-unsaturated/α-hetero) is 1. The summed E-state index contributed by atoms with van der Waals surface area (Å²) in [6.45, 7) is 2.90. The van der Waals surface area contributed by atoms with Gasteiger partial charge in [-0.25, -0.2) is 4.79 Å². The predicted octanol–water partition coefficient (Wildman–Crippen LogP) is 3.13. The summed E-state index contributed by atoms with van der Waals surface area (Å²) < 4.78 is 5.10. The number of rotatable bonds is 5. The standard InChI is InChI=1S/C16H15NO4S/c1-10(18)13-5-3-4-6-14(13)17-15(19)11(2)21-16(20)12-7-8-22-9-12/h3-9,11H,1-2H3,(H,17,19)/t11-/m0/s1. The van der Waals surface area contributed by atoms with Crippen LogP contribution in [0.4, 0.5) is 5.69 Å². The normalized spacial score (nSPS) is 11.5. The Balaban J connectivity index is 2.03. The fourth-order valence-electron chi connectivity index (χ4n) is 1.80. The highest BCUT2D eigenvalue weighted by Crippen LogP contribution is 2.16. The molecule has 0 bridgehead atoms. The van der Waals surface area contributed by atoms with Gasteiger partial charge in [-0.1, -0.05) is 12.1 Å². The highest BCUT2D eigenvalue weighted by atomic mass is 32.1. The summed E-state index contributed by atoms with van der Waals surface area (Å²) in [6, 6.07) is 8.31. The SMILES string of the molecule is CC(=O)c1ccccc1NC(=O)[C@H](C)OC(=O)c1ccsc1. The number of carbonyl (C=O) groups excluding carboxylic acids is 3. The minimum absolute atomic E-state index is 0.154. The van der Waals surface area contributed by atoms with Crippen molar-refractivity contribution in [2.24, 2.45) is 0 Å². The van der Waals surface area contributed by atoms with Gasteiger partial charge in [-0.2, -0.15) is 11.3 Å². The van der Waals surface area contributed by atoms with E-state index in [1.54, 1.807) is 41.1 Å². The molecule has 0 saturated carbocycles. The Hall–Kier alpha value is -2.47. The number of nitrogens with one attached hydrogen (secondary N) is 1. The van der Waals surface area contributed by atoms with Crippen molar-refractivity contribution >= 4 is 34.7 Å². The van der Waals surface area contributed by atoms with Crippen molar-refractivity contribution in [2.45, 2.75) is 20.0 Å². The number of hydrogen-bond donors (Lipinski definition) is 1. The summed E-state index contributed by atoms with van der Waals surface area (Å²) in [4.78, 5) is 35.4. The van der Waals surface area contributed by atoms with Crippen LogP contribution in [0, 0.1) is 0 Å². The summed E-state index contributed by atoms with van der Waals surface area (Å²) >= 11 is 1.37. The first-order valence-electron chi connectivity index (χ1n) is 6.63. The quantitative estimate of drug-likeness (QED) is 0.679. The topological polar surface area (TPSA) is 72.5 Å². The van der Waals surface area contributed by atoms with E-state index < -0.39 is 18.0 Å². The minimum Gasteiger partial charge on any atom is -0.449 e. The minimum atomic E-state index is -0.965. The second-order valence-electron chi connectivity index (χ2n) is 4.65. The van der Waals surface area contributed by atoms with Crippen molar-refractivity contribution in [3.8, 4) is 0 Å². The Morgan fingerprint density at radius 1 is 1.18 bits per heavy atom. The van der Waals surface area contributed by atoms with E-state index in [9.17, 15) is 14.4 Å². The van der Waals surface area contributed by atoms with Crippen LogP contribution in [-0.4, -0.2) is 23.8 Å². The third kappa shape index (κ3) is 3.79. The van der Waals surface area contributed by atoms with E-state index in [-0.39, 0.29) is 5.78 Å². The molecule has 0 aliphatic rings. The molecule has 0 fully saturated rings. The van der Waals surface area contributed by atoms with Crippen LogP contribution < -0.4 is 5.32 Å². The lowest BCUT2D eigenvalue weighted by molar-refractivity contribution is -0.123. The molecule has 1 heterocycles. The molecule has 1 amide bonds. The number of esters is 1. The predicted molar refractivity (Wildman–Crippen MR) is 84.3 cm³/mol. The zero-order valence-electron chi connectivity index (χ0n) is 12.2. The molecule has 2 aromatic rings. The Morgan fingerprint density at radius 3 is 2.55 bits per heavy atom. The molecular formula is C16H15NO4S. The van der Waals surface area contributed by atoms with Crippen LogP contribution in [0.25, 0.3) is 0 Å². The number of ketones is 1. The van der Waals surface area contributed by atoms with E-state index in [0.29, 0.717) is 16.8 Å². The maximum atomic E-state index is 12.1. The molecule has 114 valence electrons. The lowest BCUT2D eigenvalue weighted by atomic mass is 10.1. The van der Waals surface area contributed by atoms with Crippen molar-refractivity contribution in [2.75, 3.05) is 5.32 Å². The van der Waals surface area contributed by atoms with E-state index in [0.717, 1.165) is 0 Å². The van der Waals surface area contributed by atoms with Crippen LogP contribution >= 0.6 is 11.3 Å². The number of carbonyl (C=O) groups is 3. The first kappa shape index (κ1) is 15.9. The Morgan fingerprint density at radius 2 is 1.91 bits per heavy atom. The van der Waals surface area contributed by atoms with Crippen LogP contribution in [0.1, 0.15) is 34.6 Å². The lowest BCUT2D eigenvalue weighted by Gasteiger charge is -2.14. The summed E-state index contributed by atoms with van der Waals surface area (Å²) in [5.74, 6) is -1.19. The number of thiophene rings is 1. The van der Waals surface area contributed by atoms with Gasteiger partial charge in [0.15, 0.2) is 11.9 Å². The molecule has 6 heteroatoms. The molecule has 1 aromatic heterocycles. The van der Waals surface area contributed by atoms with Gasteiger partial charge < -0.3 is 10.1 Å². The molecule has 1 atom stereocenters. The maximum Gasteiger partial charge on any atom is 0.339 e. The number of amides is 1. The third-order valence-corrected chi connectivity index (χ3v) is 3.66. The van der Waals surface area contributed by atoms with Crippen LogP contribution in [0.2, 0.25) is 0 Å². The highest BCUT2D eigenvalue weighted by Gasteiger charge is 2.20. The van der Waals surface area contributed by atoms with Gasteiger partial charge in [-0.15, -0.1) is 0 Å². The van der Waals surface area contributed by atoms with Gasteiger partial charge in [0.2, 0.25) is 0 Å². The molecule has 0 aliphatic heterocycles. The van der Waals surface area contributed by atoms with E-state index in [1.807, 2.05) is 0 Å². The second-order valence-corrected chi connectivity index (χ2v) is 5.43. The monoisotopic (exact) mass is 317 g/mol. The molecule has 0 unspecified atom stereocenters. The molecule has 0 spiro atoms. The average Bonchev–Trinajstić information content (AvgIpc) is 3.01. The van der Waals surface area contributed by atoms with Gasteiger partial charge in [0.1, 0.15) is 0 Å². The van der Waals surface area contributed by atoms with Gasteiger partial charge in [0.05, 0.1) is 11.3 Å². The van der Waals surface area contributed by atoms with Crippen molar-refractivity contribution in [3.05, 3.63) is 52.2 Å². The average molecular weight is 317 g/mol. The maximum absolute atomic E-state index is 12.1. The fourth-order valence-corrected chi connectivity index (χ4v) is 2.42. The Labute approximate surface area is 131 Å². The summed E-state index contributed by atoms with van der Waals surface area (Å²) in [5, 5.41) is 6.01. The van der Waals surface area contributed by atoms with Gasteiger partial charge in [-0.3, -0.25) is 9.59 Å². The van der Waals surface area contributed by atoms with Gasteiger partial charge >= 0.3 is 5.97 Å². The molecule has 1 N–H and O–H groups in total. The Kier molecular flexibility index (Phi) is 5.06. The number of hydrogen-bond acceptors (Lipinski definition) is 5. The van der Waals surface area contributed by atoms with Crippen LogP contribution in [0.15, 0.2) is 41.1 Å². The third-order valence-electron chi connectivity index (χ3n) is 2.97. The van der Waals surface area contributed by atoms with Crippen molar-refractivity contribution < 1.29 is 19.1 Å². The van der Waals surface area contributed by atoms with Crippen molar-refractivity contribution in [3.63, 3.8) is 0 Å². The summed E-state index contributed by atoms with van der Waals surface area (Å²) in [6.07, 6.45) is -0.965. The van der Waals surface area contributed by atoms with Crippen LogP contribution in [0.3, 0.4) is 0 Å². The van der Waals surface area contributed by atoms with E-state index >= 15 is 0 Å². The lowest BCUT2D eigenvalue weighted by Crippen LogP contribution is -2.30. The molecule has 2 rings (SSSR count). The van der Waals surface area contributed by atoms with Gasteiger partial charge in [-0.05, 0) is 37.4 Å². The molecule has 0 radical (unpaired) electrons. The molecule has 5 nitrogen and oxygen atoms in total. The van der Waals surface area contributed by atoms with Crippen molar-refractivity contribution in [1.29, 1.82) is 0 Å². The Bertz CT molecular complexity index is 694. The fraction of sp³-hybridized carbons (Fsp3) is 0.188. The molecule has 0 aliphatic carbocycles. The zero-order valence-corrected chi connectivity index (χ0v) is 13.0. The van der Waals surface area contributed by atoms with E-state index in [1.165, 1.54) is 25.2 Å². The number of anilines is 1. The largest absolute Gasteiger partial charge is 0.449 e. The highest BCUT2D eigenvalue weighted by molar-refractivity contribution is 7.08. The van der Waals surface area contributed by atoms with Crippen LogP contribution in [0.5, 0.6) is 0 Å². The zero-order chi connectivity index (χ0) is 16.1. The summed E-state index contributed by atoms with van der Waals surface area (Å²) in [7, 11) is 0. The van der Waals surface area contributed by atoms with Gasteiger partial charge in [0, 0.05) is 10.9 Å². The first-order chi connectivity index (χ1) is 10.5. The first-order valence-corrected chi connectivity index (χ1v) is 7.57. The number of ether oxygens (including phenoxy) is 1. The summed E-state index contributed by atoms with van der Waals surface area (Å²) in [5.41, 5.74) is 1.22.